The second kappa shape index (κ2) is 7.57. The Morgan fingerprint density at radius 1 is 1.35 bits per heavy atom. The second-order valence-electron chi connectivity index (χ2n) is 6.37. The Morgan fingerprint density at radius 2 is 2.17 bits per heavy atom. The first-order valence-electron chi connectivity index (χ1n) is 8.24. The van der Waals surface area contributed by atoms with Gasteiger partial charge in [-0.25, -0.2) is 0 Å². The molecular weight excluding hydrogens is 286 g/mol. The third-order valence-corrected chi connectivity index (χ3v) is 4.06. The van der Waals surface area contributed by atoms with Gasteiger partial charge in [0.25, 0.3) is 0 Å². The average Bonchev–Trinajstić information content (AvgIpc) is 2.93. The summed E-state index contributed by atoms with van der Waals surface area (Å²) in [7, 11) is 0. The van der Waals surface area contributed by atoms with E-state index in [2.05, 4.69) is 66.5 Å². The molecule has 4 nitrogen and oxygen atoms in total. The quantitative estimate of drug-likeness (QED) is 0.850. The summed E-state index contributed by atoms with van der Waals surface area (Å²) in [4.78, 5) is 2.47. The molecule has 1 unspecified atom stereocenters. The summed E-state index contributed by atoms with van der Waals surface area (Å²) in [6, 6.07) is 10.5. The van der Waals surface area contributed by atoms with E-state index in [1.807, 2.05) is 10.9 Å². The molecule has 0 N–H and O–H groups in total. The molecule has 1 aliphatic rings. The lowest BCUT2D eigenvalue weighted by Crippen LogP contribution is -2.44. The molecule has 1 saturated heterocycles. The highest BCUT2D eigenvalue weighted by molar-refractivity contribution is 5.52. The number of rotatable bonds is 5. The molecule has 0 spiro atoms. The molecule has 1 aliphatic heterocycles. The summed E-state index contributed by atoms with van der Waals surface area (Å²) >= 11 is 0. The Bertz CT molecular complexity index is 648. The number of benzene rings is 1. The van der Waals surface area contributed by atoms with E-state index in [1.54, 1.807) is 0 Å². The normalized spacial score (nSPS) is 19.9. The molecule has 4 heteroatoms. The molecular formula is C19H25N3O. The summed E-state index contributed by atoms with van der Waals surface area (Å²) in [5.41, 5.74) is 3.84. The number of nitrogens with zero attached hydrogens (tertiary/aromatic N) is 3. The lowest BCUT2D eigenvalue weighted by Gasteiger charge is -2.33. The average molecular weight is 311 g/mol. The van der Waals surface area contributed by atoms with E-state index in [1.165, 1.54) is 16.7 Å². The topological polar surface area (TPSA) is 30.3 Å². The van der Waals surface area contributed by atoms with Crippen molar-refractivity contribution in [2.24, 2.45) is 0 Å². The highest BCUT2D eigenvalue weighted by Gasteiger charge is 2.21. The van der Waals surface area contributed by atoms with Crippen LogP contribution in [0.25, 0.3) is 6.08 Å². The lowest BCUT2D eigenvalue weighted by atomic mass is 10.1. The van der Waals surface area contributed by atoms with Crippen molar-refractivity contribution in [1.29, 1.82) is 0 Å². The molecule has 1 atom stereocenters. The Balaban J connectivity index is 1.55. The monoisotopic (exact) mass is 311 g/mol. The van der Waals surface area contributed by atoms with Crippen molar-refractivity contribution in [3.63, 3.8) is 0 Å². The molecule has 0 aliphatic carbocycles. The van der Waals surface area contributed by atoms with Crippen LogP contribution in [0.1, 0.15) is 18.1 Å². The van der Waals surface area contributed by atoms with Crippen molar-refractivity contribution in [2.45, 2.75) is 26.5 Å². The van der Waals surface area contributed by atoms with Crippen molar-refractivity contribution in [3.8, 4) is 0 Å². The molecule has 1 aromatic carbocycles. The zero-order valence-electron chi connectivity index (χ0n) is 14.0. The zero-order valence-corrected chi connectivity index (χ0v) is 14.0. The third-order valence-electron chi connectivity index (χ3n) is 4.06. The molecule has 2 heterocycles. The predicted molar refractivity (Wildman–Crippen MR) is 93.2 cm³/mol. The van der Waals surface area contributed by atoms with Crippen LogP contribution in [0.2, 0.25) is 0 Å². The standard InChI is InChI=1S/C19H25N3O/c1-16(10-18-6-4-3-5-7-18)12-21-8-9-23-19(14-21)15-22-13-17(2)11-20-22/h3-7,10-11,13,19H,8-9,12,14-15H2,1-2H3. The van der Waals surface area contributed by atoms with Crippen molar-refractivity contribution in [1.82, 2.24) is 14.7 Å². The van der Waals surface area contributed by atoms with E-state index in [0.29, 0.717) is 0 Å². The lowest BCUT2D eigenvalue weighted by molar-refractivity contribution is -0.0344. The van der Waals surface area contributed by atoms with E-state index in [0.717, 1.165) is 32.8 Å². The van der Waals surface area contributed by atoms with Gasteiger partial charge in [-0.15, -0.1) is 0 Å². The van der Waals surface area contributed by atoms with Crippen LogP contribution in [0.15, 0.2) is 48.3 Å². The van der Waals surface area contributed by atoms with Gasteiger partial charge in [0, 0.05) is 25.8 Å². The van der Waals surface area contributed by atoms with Crippen molar-refractivity contribution in [2.75, 3.05) is 26.2 Å². The van der Waals surface area contributed by atoms with Gasteiger partial charge in [0.15, 0.2) is 0 Å². The minimum Gasteiger partial charge on any atom is -0.374 e. The molecule has 3 rings (SSSR count). The summed E-state index contributed by atoms with van der Waals surface area (Å²) in [5, 5.41) is 4.36. The zero-order chi connectivity index (χ0) is 16.1. The summed E-state index contributed by atoms with van der Waals surface area (Å²) in [6.07, 6.45) is 6.45. The van der Waals surface area contributed by atoms with Gasteiger partial charge in [0.2, 0.25) is 0 Å². The Hall–Kier alpha value is -1.91. The highest BCUT2D eigenvalue weighted by atomic mass is 16.5. The van der Waals surface area contributed by atoms with Gasteiger partial charge in [-0.1, -0.05) is 42.0 Å². The summed E-state index contributed by atoms with van der Waals surface area (Å²) in [6.45, 7) is 8.83. The van der Waals surface area contributed by atoms with Crippen LogP contribution in [0.3, 0.4) is 0 Å². The number of ether oxygens (including phenoxy) is 1. The Kier molecular flexibility index (Phi) is 5.26. The minimum absolute atomic E-state index is 0.215. The van der Waals surface area contributed by atoms with Gasteiger partial charge in [-0.05, 0) is 25.0 Å². The molecule has 1 aromatic heterocycles. The minimum atomic E-state index is 0.215. The van der Waals surface area contributed by atoms with Crippen molar-refractivity contribution in [3.05, 3.63) is 59.4 Å². The van der Waals surface area contributed by atoms with E-state index < -0.39 is 0 Å². The van der Waals surface area contributed by atoms with Gasteiger partial charge in [0.1, 0.15) is 0 Å². The van der Waals surface area contributed by atoms with Crippen molar-refractivity contribution < 1.29 is 4.74 Å². The molecule has 0 amide bonds. The van der Waals surface area contributed by atoms with Crippen molar-refractivity contribution >= 4 is 6.08 Å². The fraction of sp³-hybridized carbons (Fsp3) is 0.421. The van der Waals surface area contributed by atoms with Crippen LogP contribution in [-0.2, 0) is 11.3 Å². The maximum atomic E-state index is 5.90. The summed E-state index contributed by atoms with van der Waals surface area (Å²) in [5.74, 6) is 0. The van der Waals surface area contributed by atoms with Gasteiger partial charge < -0.3 is 4.74 Å². The maximum Gasteiger partial charge on any atom is 0.0898 e. The molecule has 23 heavy (non-hydrogen) atoms. The van der Waals surface area contributed by atoms with Gasteiger partial charge in [-0.3, -0.25) is 9.58 Å². The van der Waals surface area contributed by atoms with Crippen LogP contribution in [0.5, 0.6) is 0 Å². The Morgan fingerprint density at radius 3 is 2.91 bits per heavy atom. The third kappa shape index (κ3) is 4.78. The SMILES string of the molecule is CC(=Cc1ccccc1)CN1CCOC(Cn2cc(C)cn2)C1. The predicted octanol–water partition coefficient (Wildman–Crippen LogP) is 3.00. The number of morpholine rings is 1. The fourth-order valence-electron chi connectivity index (χ4n) is 3.04. The van der Waals surface area contributed by atoms with Crippen LogP contribution in [0.4, 0.5) is 0 Å². The first-order chi connectivity index (χ1) is 11.2. The number of hydrogen-bond acceptors (Lipinski definition) is 3. The molecule has 2 aromatic rings. The van der Waals surface area contributed by atoms with Crippen LogP contribution >= 0.6 is 0 Å². The molecule has 122 valence electrons. The van der Waals surface area contributed by atoms with E-state index in [9.17, 15) is 0 Å². The highest BCUT2D eigenvalue weighted by Crippen LogP contribution is 2.12. The van der Waals surface area contributed by atoms with Crippen LogP contribution < -0.4 is 0 Å². The first kappa shape index (κ1) is 16.0. The van der Waals surface area contributed by atoms with Crippen LogP contribution in [0, 0.1) is 6.92 Å². The van der Waals surface area contributed by atoms with E-state index in [-0.39, 0.29) is 6.10 Å². The first-order valence-corrected chi connectivity index (χ1v) is 8.24. The van der Waals surface area contributed by atoms with Gasteiger partial charge in [-0.2, -0.15) is 5.10 Å². The molecule has 0 bridgehead atoms. The van der Waals surface area contributed by atoms with E-state index >= 15 is 0 Å². The van der Waals surface area contributed by atoms with Crippen LogP contribution in [-0.4, -0.2) is 47.0 Å². The Labute approximate surface area is 138 Å². The summed E-state index contributed by atoms with van der Waals surface area (Å²) < 4.78 is 7.88. The second-order valence-corrected chi connectivity index (χ2v) is 6.37. The number of aromatic nitrogens is 2. The number of hydrogen-bond donors (Lipinski definition) is 0. The fourth-order valence-corrected chi connectivity index (χ4v) is 3.04. The van der Waals surface area contributed by atoms with E-state index in [4.69, 9.17) is 4.74 Å². The maximum absolute atomic E-state index is 5.90. The van der Waals surface area contributed by atoms with Gasteiger partial charge >= 0.3 is 0 Å². The number of aryl methyl sites for hydroxylation is 1. The largest absolute Gasteiger partial charge is 0.374 e. The molecule has 0 radical (unpaired) electrons. The molecule has 1 fully saturated rings. The van der Waals surface area contributed by atoms with Gasteiger partial charge in [0.05, 0.1) is 25.5 Å². The smallest absolute Gasteiger partial charge is 0.0898 e. The molecule has 0 saturated carbocycles.